The van der Waals surface area contributed by atoms with Gasteiger partial charge in [0.2, 0.25) is 0 Å². The number of fused-ring (bicyclic) bond motifs is 1. The third-order valence-electron chi connectivity index (χ3n) is 3.19. The first-order chi connectivity index (χ1) is 8.81. The molecule has 3 nitrogen and oxygen atoms in total. The Bertz CT molecular complexity index is 667. The number of benzene rings is 2. The number of nitrogens with zero attached hydrogens (tertiary/aromatic N) is 2. The van der Waals surface area contributed by atoms with Crippen LogP contribution in [-0.4, -0.2) is 5.84 Å². The Balaban J connectivity index is 2.08. The maximum Gasteiger partial charge on any atom is 0.133 e. The van der Waals surface area contributed by atoms with E-state index in [2.05, 4.69) is 6.07 Å². The summed E-state index contributed by atoms with van der Waals surface area (Å²) in [6.07, 6.45) is 0. The van der Waals surface area contributed by atoms with Crippen LogP contribution in [0.5, 0.6) is 0 Å². The fraction of sp³-hybridized carbons (Fsp3) is 0.0667. The normalized spacial score (nSPS) is 13.3. The minimum Gasteiger partial charge on any atom is -0.321 e. The molecule has 0 bridgehead atoms. The molecule has 18 heavy (non-hydrogen) atoms. The lowest BCUT2D eigenvalue weighted by Gasteiger charge is -2.19. The molecular weight excluding hydrogens is 222 g/mol. The Labute approximate surface area is 105 Å². The van der Waals surface area contributed by atoms with Crippen molar-refractivity contribution in [2.75, 3.05) is 4.90 Å². The van der Waals surface area contributed by atoms with Crippen molar-refractivity contribution in [2.24, 2.45) is 0 Å². The van der Waals surface area contributed by atoms with Crippen molar-refractivity contribution in [3.8, 4) is 6.07 Å². The summed E-state index contributed by atoms with van der Waals surface area (Å²) in [4.78, 5) is 1.88. The molecule has 0 atom stereocenters. The first-order valence-electron chi connectivity index (χ1n) is 5.75. The standard InChI is InChI=1S/C15H11N3/c16-9-11-5-2-4-8-14(11)18-10-12-6-1-3-7-13(12)15(18)17/h1-8,17H,10H2. The van der Waals surface area contributed by atoms with Crippen LogP contribution >= 0.6 is 0 Å². The topological polar surface area (TPSA) is 50.9 Å². The molecule has 1 heterocycles. The molecule has 0 saturated heterocycles. The van der Waals surface area contributed by atoms with Gasteiger partial charge in [-0.3, -0.25) is 5.41 Å². The van der Waals surface area contributed by atoms with Gasteiger partial charge in [-0.2, -0.15) is 5.26 Å². The predicted octanol–water partition coefficient (Wildman–Crippen LogP) is 2.90. The molecule has 86 valence electrons. The first-order valence-corrected chi connectivity index (χ1v) is 5.75. The first kappa shape index (κ1) is 10.5. The van der Waals surface area contributed by atoms with Crippen LogP contribution < -0.4 is 4.90 Å². The molecule has 1 N–H and O–H groups in total. The molecule has 0 spiro atoms. The lowest BCUT2D eigenvalue weighted by atomic mass is 10.1. The van der Waals surface area contributed by atoms with Gasteiger partial charge >= 0.3 is 0 Å². The van der Waals surface area contributed by atoms with Gasteiger partial charge in [0.1, 0.15) is 11.9 Å². The van der Waals surface area contributed by atoms with Crippen molar-refractivity contribution in [2.45, 2.75) is 6.54 Å². The van der Waals surface area contributed by atoms with Crippen molar-refractivity contribution < 1.29 is 0 Å². The summed E-state index contributed by atoms with van der Waals surface area (Å²) in [6, 6.07) is 17.5. The quantitative estimate of drug-likeness (QED) is 0.823. The van der Waals surface area contributed by atoms with Crippen LogP contribution in [-0.2, 0) is 6.54 Å². The largest absolute Gasteiger partial charge is 0.321 e. The van der Waals surface area contributed by atoms with Gasteiger partial charge in [-0.1, -0.05) is 36.4 Å². The number of rotatable bonds is 1. The smallest absolute Gasteiger partial charge is 0.133 e. The third-order valence-corrected chi connectivity index (χ3v) is 3.19. The minimum atomic E-state index is 0.466. The van der Waals surface area contributed by atoms with Gasteiger partial charge in [0.05, 0.1) is 17.8 Å². The summed E-state index contributed by atoms with van der Waals surface area (Å²) in [5.74, 6) is 0.466. The Kier molecular flexibility index (Phi) is 2.35. The Morgan fingerprint density at radius 1 is 1.06 bits per heavy atom. The summed E-state index contributed by atoms with van der Waals surface area (Å²) in [5.41, 5.74) is 3.50. The van der Waals surface area contributed by atoms with Gasteiger partial charge in [0.15, 0.2) is 0 Å². The summed E-state index contributed by atoms with van der Waals surface area (Å²) in [6.45, 7) is 0.660. The van der Waals surface area contributed by atoms with Crippen molar-refractivity contribution >= 4 is 11.5 Å². The van der Waals surface area contributed by atoms with E-state index >= 15 is 0 Å². The van der Waals surface area contributed by atoms with Crippen LogP contribution in [0.3, 0.4) is 0 Å². The van der Waals surface area contributed by atoms with Crippen LogP contribution in [0.25, 0.3) is 0 Å². The number of nitriles is 1. The number of nitrogens with one attached hydrogen (secondary N) is 1. The molecule has 3 rings (SSSR count). The highest BCUT2D eigenvalue weighted by Crippen LogP contribution is 2.29. The van der Waals surface area contributed by atoms with E-state index in [9.17, 15) is 0 Å². The lowest BCUT2D eigenvalue weighted by Crippen LogP contribution is -2.23. The van der Waals surface area contributed by atoms with Gasteiger partial charge in [0, 0.05) is 5.56 Å². The molecule has 1 aliphatic heterocycles. The van der Waals surface area contributed by atoms with Crippen LogP contribution in [0.4, 0.5) is 5.69 Å². The van der Waals surface area contributed by atoms with E-state index in [0.717, 1.165) is 16.8 Å². The monoisotopic (exact) mass is 233 g/mol. The van der Waals surface area contributed by atoms with Crippen molar-refractivity contribution in [3.63, 3.8) is 0 Å². The van der Waals surface area contributed by atoms with Crippen molar-refractivity contribution in [1.29, 1.82) is 10.7 Å². The van der Waals surface area contributed by atoms with E-state index in [1.54, 1.807) is 6.07 Å². The van der Waals surface area contributed by atoms with Crippen molar-refractivity contribution in [1.82, 2.24) is 0 Å². The third kappa shape index (κ3) is 1.47. The van der Waals surface area contributed by atoms with Crippen molar-refractivity contribution in [3.05, 3.63) is 65.2 Å². The van der Waals surface area contributed by atoms with Gasteiger partial charge in [0.25, 0.3) is 0 Å². The molecule has 0 amide bonds. The van der Waals surface area contributed by atoms with Crippen LogP contribution in [0.15, 0.2) is 48.5 Å². The summed E-state index contributed by atoms with van der Waals surface area (Å²) in [7, 11) is 0. The predicted molar refractivity (Wildman–Crippen MR) is 70.6 cm³/mol. The Hall–Kier alpha value is -2.60. The van der Waals surface area contributed by atoms with Crippen LogP contribution in [0.1, 0.15) is 16.7 Å². The fourth-order valence-electron chi connectivity index (χ4n) is 2.29. The maximum atomic E-state index is 9.13. The Morgan fingerprint density at radius 3 is 2.56 bits per heavy atom. The van der Waals surface area contributed by atoms with Crippen LogP contribution in [0, 0.1) is 16.7 Å². The second kappa shape index (κ2) is 4.01. The minimum absolute atomic E-state index is 0.466. The molecule has 0 aliphatic carbocycles. The summed E-state index contributed by atoms with van der Waals surface area (Å²) in [5, 5.41) is 17.3. The molecule has 1 aliphatic rings. The lowest BCUT2D eigenvalue weighted by molar-refractivity contribution is 1.04. The van der Waals surface area contributed by atoms with Gasteiger partial charge in [-0.05, 0) is 17.7 Å². The second-order valence-electron chi connectivity index (χ2n) is 4.22. The summed E-state index contributed by atoms with van der Waals surface area (Å²) < 4.78 is 0. The second-order valence-corrected chi connectivity index (χ2v) is 4.22. The fourth-order valence-corrected chi connectivity index (χ4v) is 2.29. The average Bonchev–Trinajstić information content (AvgIpc) is 2.76. The number of hydrogen-bond donors (Lipinski definition) is 1. The molecule has 2 aromatic rings. The molecule has 0 fully saturated rings. The van der Waals surface area contributed by atoms with Gasteiger partial charge in [-0.25, -0.2) is 0 Å². The molecule has 0 unspecified atom stereocenters. The zero-order valence-corrected chi connectivity index (χ0v) is 9.72. The maximum absolute atomic E-state index is 9.13. The number of para-hydroxylation sites is 1. The molecule has 3 heteroatoms. The van der Waals surface area contributed by atoms with Gasteiger partial charge < -0.3 is 4.90 Å². The number of hydrogen-bond acceptors (Lipinski definition) is 2. The van der Waals surface area contributed by atoms with E-state index < -0.39 is 0 Å². The van der Waals surface area contributed by atoms with E-state index in [4.69, 9.17) is 10.7 Å². The average molecular weight is 233 g/mol. The van der Waals surface area contributed by atoms with E-state index in [1.165, 1.54) is 0 Å². The molecule has 2 aromatic carbocycles. The van der Waals surface area contributed by atoms with Gasteiger partial charge in [-0.15, -0.1) is 0 Å². The molecular formula is C15H11N3. The number of anilines is 1. The van der Waals surface area contributed by atoms with E-state index in [1.807, 2.05) is 47.4 Å². The van der Waals surface area contributed by atoms with E-state index in [0.29, 0.717) is 17.9 Å². The van der Waals surface area contributed by atoms with Crippen LogP contribution in [0.2, 0.25) is 0 Å². The highest BCUT2D eigenvalue weighted by molar-refractivity contribution is 6.12. The highest BCUT2D eigenvalue weighted by atomic mass is 15.2. The van der Waals surface area contributed by atoms with E-state index in [-0.39, 0.29) is 0 Å². The highest BCUT2D eigenvalue weighted by Gasteiger charge is 2.26. The SMILES string of the molecule is N#Cc1ccccc1N1Cc2ccccc2C1=N. The zero-order chi connectivity index (χ0) is 12.5. The molecule has 0 radical (unpaired) electrons. The molecule has 0 aromatic heterocycles. The zero-order valence-electron chi connectivity index (χ0n) is 9.72. The Morgan fingerprint density at radius 2 is 1.78 bits per heavy atom. The summed E-state index contributed by atoms with van der Waals surface area (Å²) >= 11 is 0. The number of amidine groups is 1. The molecule has 0 saturated carbocycles.